The average molecular weight is 328 g/mol. The molecule has 0 bridgehead atoms. The molecule has 0 aliphatic heterocycles. The van der Waals surface area contributed by atoms with Crippen molar-refractivity contribution in [2.24, 2.45) is 17.8 Å². The number of esters is 1. The highest BCUT2D eigenvalue weighted by atomic mass is 19.2. The van der Waals surface area contributed by atoms with Gasteiger partial charge in [0.15, 0.2) is 17.5 Å². The molecule has 5 heteroatoms. The van der Waals surface area contributed by atoms with E-state index in [1.807, 2.05) is 0 Å². The van der Waals surface area contributed by atoms with Crippen LogP contribution >= 0.6 is 0 Å². The lowest BCUT2D eigenvalue weighted by Gasteiger charge is -2.32. The molecule has 0 N–H and O–H groups in total. The van der Waals surface area contributed by atoms with Gasteiger partial charge in [0.1, 0.15) is 5.75 Å². The van der Waals surface area contributed by atoms with Gasteiger partial charge in [-0.05, 0) is 37.5 Å². The third kappa shape index (κ3) is 4.27. The van der Waals surface area contributed by atoms with Crippen molar-refractivity contribution in [2.75, 3.05) is 0 Å². The van der Waals surface area contributed by atoms with Gasteiger partial charge in [-0.25, -0.2) is 13.2 Å². The zero-order valence-electron chi connectivity index (χ0n) is 13.6. The summed E-state index contributed by atoms with van der Waals surface area (Å²) in [7, 11) is 0. The molecule has 2 nitrogen and oxygen atoms in total. The van der Waals surface area contributed by atoms with E-state index in [1.165, 1.54) is 0 Å². The molecule has 0 radical (unpaired) electrons. The summed E-state index contributed by atoms with van der Waals surface area (Å²) in [5.41, 5.74) is 0. The van der Waals surface area contributed by atoms with Crippen molar-refractivity contribution in [1.82, 2.24) is 0 Å². The van der Waals surface area contributed by atoms with Crippen LogP contribution in [-0.2, 0) is 4.79 Å². The van der Waals surface area contributed by atoms with Crippen LogP contribution < -0.4 is 4.74 Å². The van der Waals surface area contributed by atoms with Gasteiger partial charge in [0, 0.05) is 12.1 Å². The molecule has 1 aromatic carbocycles. The van der Waals surface area contributed by atoms with Crippen molar-refractivity contribution >= 4 is 5.97 Å². The Morgan fingerprint density at radius 2 is 1.61 bits per heavy atom. The fourth-order valence-electron chi connectivity index (χ4n) is 3.57. The Morgan fingerprint density at radius 3 is 2.09 bits per heavy atom. The van der Waals surface area contributed by atoms with E-state index < -0.39 is 23.4 Å². The standard InChI is InChI=1S/C18H23F3O2/c1-3-11(4-2)12-5-7-13(8-6-12)18(22)23-14-9-15(19)17(21)16(20)10-14/h9-13H,3-8H2,1-2H3. The highest BCUT2D eigenvalue weighted by molar-refractivity contribution is 5.75. The maximum Gasteiger partial charge on any atom is 0.314 e. The van der Waals surface area contributed by atoms with E-state index in [2.05, 4.69) is 13.8 Å². The van der Waals surface area contributed by atoms with E-state index in [9.17, 15) is 18.0 Å². The second-order valence-electron chi connectivity index (χ2n) is 6.31. The maximum atomic E-state index is 13.1. The summed E-state index contributed by atoms with van der Waals surface area (Å²) in [6.45, 7) is 4.37. The van der Waals surface area contributed by atoms with Gasteiger partial charge in [-0.1, -0.05) is 26.7 Å². The lowest BCUT2D eigenvalue weighted by atomic mass is 9.74. The predicted octanol–water partition coefficient (Wildman–Crippen LogP) is 5.25. The summed E-state index contributed by atoms with van der Waals surface area (Å²) in [6.07, 6.45) is 5.68. The number of halogens is 3. The van der Waals surface area contributed by atoms with Crippen LogP contribution in [0.1, 0.15) is 52.4 Å². The van der Waals surface area contributed by atoms with Crippen LogP contribution in [0.15, 0.2) is 12.1 Å². The Kier molecular flexibility index (Phi) is 6.08. The van der Waals surface area contributed by atoms with E-state index in [0.29, 0.717) is 24.0 Å². The second kappa shape index (κ2) is 7.84. The first kappa shape index (κ1) is 17.8. The van der Waals surface area contributed by atoms with E-state index in [0.717, 1.165) is 38.5 Å². The van der Waals surface area contributed by atoms with Crippen LogP contribution in [0.4, 0.5) is 13.2 Å². The first-order chi connectivity index (χ1) is 11.0. The number of ether oxygens (including phenoxy) is 1. The summed E-state index contributed by atoms with van der Waals surface area (Å²) >= 11 is 0. The third-order valence-corrected chi connectivity index (χ3v) is 5.00. The molecule has 1 aliphatic carbocycles. The van der Waals surface area contributed by atoms with Crippen LogP contribution in [0.3, 0.4) is 0 Å². The molecule has 0 spiro atoms. The van der Waals surface area contributed by atoms with Crippen molar-refractivity contribution in [1.29, 1.82) is 0 Å². The fourth-order valence-corrected chi connectivity index (χ4v) is 3.57. The normalized spacial score (nSPS) is 21.5. The number of hydrogen-bond donors (Lipinski definition) is 0. The van der Waals surface area contributed by atoms with Gasteiger partial charge in [0.25, 0.3) is 0 Å². The molecular formula is C18H23F3O2. The molecular weight excluding hydrogens is 305 g/mol. The van der Waals surface area contributed by atoms with E-state index in [-0.39, 0.29) is 11.7 Å². The van der Waals surface area contributed by atoms with Gasteiger partial charge >= 0.3 is 5.97 Å². The Hall–Kier alpha value is -1.52. The van der Waals surface area contributed by atoms with Gasteiger partial charge in [-0.2, -0.15) is 0 Å². The Balaban J connectivity index is 1.93. The van der Waals surface area contributed by atoms with Gasteiger partial charge < -0.3 is 4.74 Å². The lowest BCUT2D eigenvalue weighted by molar-refractivity contribution is -0.140. The van der Waals surface area contributed by atoms with Crippen molar-refractivity contribution in [2.45, 2.75) is 52.4 Å². The quantitative estimate of drug-likeness (QED) is 0.419. The van der Waals surface area contributed by atoms with Gasteiger partial charge in [-0.3, -0.25) is 4.79 Å². The molecule has 1 saturated carbocycles. The van der Waals surface area contributed by atoms with Gasteiger partial charge in [-0.15, -0.1) is 0 Å². The predicted molar refractivity (Wildman–Crippen MR) is 81.5 cm³/mol. The second-order valence-corrected chi connectivity index (χ2v) is 6.31. The molecule has 2 rings (SSSR count). The molecule has 0 heterocycles. The Bertz CT molecular complexity index is 524. The summed E-state index contributed by atoms with van der Waals surface area (Å²) in [6, 6.07) is 1.40. The molecule has 1 aromatic rings. The molecule has 1 aliphatic rings. The van der Waals surface area contributed by atoms with Crippen molar-refractivity contribution in [3.8, 4) is 5.75 Å². The van der Waals surface area contributed by atoms with Crippen LogP contribution in [-0.4, -0.2) is 5.97 Å². The lowest BCUT2D eigenvalue weighted by Crippen LogP contribution is -2.28. The number of carbonyl (C=O) groups is 1. The number of benzene rings is 1. The van der Waals surface area contributed by atoms with Crippen LogP contribution in [0.2, 0.25) is 0 Å². The van der Waals surface area contributed by atoms with E-state index in [4.69, 9.17) is 4.74 Å². The summed E-state index contributed by atoms with van der Waals surface area (Å²) in [5, 5.41) is 0. The van der Waals surface area contributed by atoms with Crippen molar-refractivity contribution < 1.29 is 22.7 Å². The monoisotopic (exact) mass is 328 g/mol. The minimum atomic E-state index is -1.56. The molecule has 0 amide bonds. The number of rotatable bonds is 5. The molecule has 128 valence electrons. The highest BCUT2D eigenvalue weighted by Gasteiger charge is 2.30. The molecule has 0 unspecified atom stereocenters. The minimum Gasteiger partial charge on any atom is -0.426 e. The first-order valence-electron chi connectivity index (χ1n) is 8.32. The Morgan fingerprint density at radius 1 is 1.09 bits per heavy atom. The molecule has 1 fully saturated rings. The smallest absolute Gasteiger partial charge is 0.314 e. The summed E-state index contributed by atoms with van der Waals surface area (Å²) < 4.78 is 44.2. The van der Waals surface area contributed by atoms with Crippen molar-refractivity contribution in [3.05, 3.63) is 29.6 Å². The maximum absolute atomic E-state index is 13.1. The first-order valence-corrected chi connectivity index (χ1v) is 8.32. The molecule has 0 saturated heterocycles. The highest BCUT2D eigenvalue weighted by Crippen LogP contribution is 2.36. The van der Waals surface area contributed by atoms with Crippen LogP contribution in [0.25, 0.3) is 0 Å². The average Bonchev–Trinajstić information content (AvgIpc) is 2.54. The Labute approximate surface area is 135 Å². The minimum absolute atomic E-state index is 0.253. The van der Waals surface area contributed by atoms with Crippen molar-refractivity contribution in [3.63, 3.8) is 0 Å². The largest absolute Gasteiger partial charge is 0.426 e. The molecule has 23 heavy (non-hydrogen) atoms. The number of carbonyl (C=O) groups excluding carboxylic acids is 1. The summed E-state index contributed by atoms with van der Waals surface area (Å²) in [5.74, 6) is -3.98. The van der Waals surface area contributed by atoms with Crippen LogP contribution in [0, 0.1) is 35.2 Å². The van der Waals surface area contributed by atoms with Crippen LogP contribution in [0.5, 0.6) is 5.75 Å². The SMILES string of the molecule is CCC(CC)C1CCC(C(=O)Oc2cc(F)c(F)c(F)c2)CC1. The third-order valence-electron chi connectivity index (χ3n) is 5.00. The molecule has 0 aromatic heterocycles. The number of hydrogen-bond acceptors (Lipinski definition) is 2. The zero-order chi connectivity index (χ0) is 17.0. The molecule has 0 atom stereocenters. The fraction of sp³-hybridized carbons (Fsp3) is 0.611. The van der Waals surface area contributed by atoms with Gasteiger partial charge in [0.2, 0.25) is 0 Å². The van der Waals surface area contributed by atoms with E-state index in [1.54, 1.807) is 0 Å². The van der Waals surface area contributed by atoms with Gasteiger partial charge in [0.05, 0.1) is 5.92 Å². The van der Waals surface area contributed by atoms with E-state index >= 15 is 0 Å². The topological polar surface area (TPSA) is 26.3 Å². The summed E-state index contributed by atoms with van der Waals surface area (Å²) in [4.78, 5) is 12.1. The zero-order valence-corrected chi connectivity index (χ0v) is 13.6.